The lowest BCUT2D eigenvalue weighted by Crippen LogP contribution is -2.50. The van der Waals surface area contributed by atoms with Gasteiger partial charge in [-0.3, -0.25) is 4.79 Å². The minimum Gasteiger partial charge on any atom is -0.548 e. The molecule has 0 fully saturated rings. The summed E-state index contributed by atoms with van der Waals surface area (Å²) in [4.78, 5) is 23.3. The fraction of sp³-hybridized carbons (Fsp3) is 0.500. The number of methoxy groups -OCH3 is 3. The number of Topliss-reactive ketones (excluding diaryl/α,β-unsaturated/α-hetero) is 1. The van der Waals surface area contributed by atoms with E-state index in [2.05, 4.69) is 5.32 Å². The van der Waals surface area contributed by atoms with Gasteiger partial charge >= 0.3 is 0 Å². The van der Waals surface area contributed by atoms with Crippen molar-refractivity contribution in [1.29, 1.82) is 0 Å². The molecule has 7 heteroatoms. The second-order valence-electron chi connectivity index (χ2n) is 5.26. The minimum absolute atomic E-state index is 0.143. The van der Waals surface area contributed by atoms with Gasteiger partial charge in [0.1, 0.15) is 0 Å². The molecule has 0 saturated heterocycles. The van der Waals surface area contributed by atoms with Crippen molar-refractivity contribution in [3.63, 3.8) is 0 Å². The van der Waals surface area contributed by atoms with Crippen molar-refractivity contribution in [3.8, 4) is 17.2 Å². The van der Waals surface area contributed by atoms with Crippen molar-refractivity contribution in [1.82, 2.24) is 5.32 Å². The molecule has 1 unspecified atom stereocenters. The number of rotatable bonds is 9. The molecule has 1 rings (SSSR count). The van der Waals surface area contributed by atoms with E-state index in [0.717, 1.165) is 0 Å². The molecule has 1 aromatic carbocycles. The van der Waals surface area contributed by atoms with Crippen LogP contribution in [0.1, 0.15) is 24.2 Å². The molecular weight excluding hydrogens is 302 g/mol. The van der Waals surface area contributed by atoms with E-state index < -0.39 is 12.0 Å². The van der Waals surface area contributed by atoms with Gasteiger partial charge in [-0.05, 0) is 18.1 Å². The standard InChI is InChI=1S/C16H23NO6/c1-9(2)14(16(19)20)17-8-11(18)10-6-12(21-3)15(23-5)13(7-10)22-4/h6-7,9,14,17H,8H2,1-5H3,(H,19,20)/p-1. The fourth-order valence-corrected chi connectivity index (χ4v) is 2.14. The molecule has 7 nitrogen and oxygen atoms in total. The van der Waals surface area contributed by atoms with E-state index in [-0.39, 0.29) is 18.2 Å². The first-order valence-corrected chi connectivity index (χ1v) is 7.13. The predicted octanol–water partition coefficient (Wildman–Crippen LogP) is 0.259. The molecule has 0 amide bonds. The first-order valence-electron chi connectivity index (χ1n) is 7.13. The van der Waals surface area contributed by atoms with Gasteiger partial charge in [0.15, 0.2) is 17.3 Å². The number of carboxylic acid groups (broad SMARTS) is 1. The number of benzene rings is 1. The molecule has 0 heterocycles. The molecule has 0 radical (unpaired) electrons. The largest absolute Gasteiger partial charge is 0.548 e. The third-order valence-electron chi connectivity index (χ3n) is 3.39. The Hall–Kier alpha value is -2.28. The van der Waals surface area contributed by atoms with Crippen LogP contribution >= 0.6 is 0 Å². The van der Waals surface area contributed by atoms with Crippen LogP contribution in [-0.2, 0) is 4.79 Å². The smallest absolute Gasteiger partial charge is 0.203 e. The van der Waals surface area contributed by atoms with Crippen molar-refractivity contribution < 1.29 is 28.9 Å². The van der Waals surface area contributed by atoms with E-state index in [1.807, 2.05) is 0 Å². The van der Waals surface area contributed by atoms with Gasteiger partial charge < -0.3 is 29.4 Å². The summed E-state index contributed by atoms with van der Waals surface area (Å²) in [6.07, 6.45) is 0. The highest BCUT2D eigenvalue weighted by Gasteiger charge is 2.19. The Morgan fingerprint density at radius 2 is 1.61 bits per heavy atom. The van der Waals surface area contributed by atoms with Crippen molar-refractivity contribution in [2.45, 2.75) is 19.9 Å². The lowest BCUT2D eigenvalue weighted by molar-refractivity contribution is -0.309. The fourth-order valence-electron chi connectivity index (χ4n) is 2.14. The molecule has 0 aromatic heterocycles. The quantitative estimate of drug-likeness (QED) is 0.651. The third kappa shape index (κ3) is 4.59. The first-order chi connectivity index (χ1) is 10.8. The topological polar surface area (TPSA) is 96.9 Å². The maximum atomic E-state index is 12.3. The molecule has 1 atom stereocenters. The second kappa shape index (κ2) is 8.38. The van der Waals surface area contributed by atoms with Gasteiger partial charge in [0.05, 0.1) is 33.8 Å². The van der Waals surface area contributed by atoms with Crippen LogP contribution in [0.15, 0.2) is 12.1 Å². The lowest BCUT2D eigenvalue weighted by atomic mass is 10.0. The normalized spacial score (nSPS) is 11.9. The summed E-state index contributed by atoms with van der Waals surface area (Å²) >= 11 is 0. The summed E-state index contributed by atoms with van der Waals surface area (Å²) in [5.74, 6) is -0.637. The number of hydrogen-bond acceptors (Lipinski definition) is 7. The Morgan fingerprint density at radius 1 is 1.09 bits per heavy atom. The van der Waals surface area contributed by atoms with Crippen LogP contribution in [0, 0.1) is 5.92 Å². The molecule has 1 aromatic rings. The van der Waals surface area contributed by atoms with Crippen molar-refractivity contribution in [2.24, 2.45) is 5.92 Å². The summed E-state index contributed by atoms with van der Waals surface area (Å²) in [5, 5.41) is 13.7. The van der Waals surface area contributed by atoms with E-state index in [9.17, 15) is 14.7 Å². The van der Waals surface area contributed by atoms with E-state index in [0.29, 0.717) is 22.8 Å². The molecule has 0 spiro atoms. The minimum atomic E-state index is -1.24. The summed E-state index contributed by atoms with van der Waals surface area (Å²) in [6, 6.07) is 2.14. The van der Waals surface area contributed by atoms with E-state index in [1.54, 1.807) is 13.8 Å². The summed E-state index contributed by atoms with van der Waals surface area (Å²) in [5.41, 5.74) is 0.327. The predicted molar refractivity (Wildman–Crippen MR) is 82.1 cm³/mol. The Bertz CT molecular complexity index is 545. The van der Waals surface area contributed by atoms with Gasteiger partial charge in [0.25, 0.3) is 0 Å². The van der Waals surface area contributed by atoms with Gasteiger partial charge in [0.2, 0.25) is 5.75 Å². The Labute approximate surface area is 135 Å². The Kier molecular flexibility index (Phi) is 6.84. The Morgan fingerprint density at radius 3 is 1.96 bits per heavy atom. The van der Waals surface area contributed by atoms with Crippen LogP contribution in [0.2, 0.25) is 0 Å². The number of carbonyl (C=O) groups is 2. The van der Waals surface area contributed by atoms with Crippen LogP contribution in [0.3, 0.4) is 0 Å². The lowest BCUT2D eigenvalue weighted by Gasteiger charge is -2.23. The first kappa shape index (κ1) is 18.8. The molecule has 0 aliphatic rings. The van der Waals surface area contributed by atoms with Crippen molar-refractivity contribution in [2.75, 3.05) is 27.9 Å². The van der Waals surface area contributed by atoms with Crippen LogP contribution in [0.25, 0.3) is 0 Å². The highest BCUT2D eigenvalue weighted by atomic mass is 16.5. The van der Waals surface area contributed by atoms with E-state index >= 15 is 0 Å². The number of carbonyl (C=O) groups excluding carboxylic acids is 2. The van der Waals surface area contributed by atoms with Crippen LogP contribution < -0.4 is 24.6 Å². The zero-order valence-electron chi connectivity index (χ0n) is 14.0. The second-order valence-corrected chi connectivity index (χ2v) is 5.26. The number of ether oxygens (including phenoxy) is 3. The Balaban J connectivity index is 2.98. The number of ketones is 1. The number of nitrogens with one attached hydrogen (secondary N) is 1. The molecule has 0 aliphatic heterocycles. The molecule has 1 N–H and O–H groups in total. The highest BCUT2D eigenvalue weighted by molar-refractivity contribution is 5.99. The van der Waals surface area contributed by atoms with Crippen molar-refractivity contribution in [3.05, 3.63) is 17.7 Å². The van der Waals surface area contributed by atoms with Gasteiger partial charge in [0, 0.05) is 11.6 Å². The summed E-state index contributed by atoms with van der Waals surface area (Å²) < 4.78 is 15.6. The average molecular weight is 324 g/mol. The zero-order valence-corrected chi connectivity index (χ0v) is 14.0. The molecule has 0 aliphatic carbocycles. The SMILES string of the molecule is COc1cc(C(=O)CNC(C(=O)[O-])C(C)C)cc(OC)c1OC. The van der Waals surface area contributed by atoms with Gasteiger partial charge in [-0.25, -0.2) is 0 Å². The zero-order chi connectivity index (χ0) is 17.6. The van der Waals surface area contributed by atoms with Gasteiger partial charge in [-0.2, -0.15) is 0 Å². The molecule has 128 valence electrons. The summed E-state index contributed by atoms with van der Waals surface area (Å²) in [7, 11) is 4.37. The van der Waals surface area contributed by atoms with Crippen LogP contribution in [0.5, 0.6) is 17.2 Å². The highest BCUT2D eigenvalue weighted by Crippen LogP contribution is 2.38. The molecule has 0 bridgehead atoms. The molecular formula is C16H22NO6-. The number of aliphatic carboxylic acids is 1. The maximum Gasteiger partial charge on any atom is 0.203 e. The van der Waals surface area contributed by atoms with E-state index in [4.69, 9.17) is 14.2 Å². The maximum absolute atomic E-state index is 12.3. The van der Waals surface area contributed by atoms with Crippen LogP contribution in [-0.4, -0.2) is 45.7 Å². The van der Waals surface area contributed by atoms with E-state index in [1.165, 1.54) is 33.5 Å². The third-order valence-corrected chi connectivity index (χ3v) is 3.39. The average Bonchev–Trinajstić information content (AvgIpc) is 2.52. The van der Waals surface area contributed by atoms with Gasteiger partial charge in [-0.1, -0.05) is 13.8 Å². The number of carboxylic acids is 1. The summed E-state index contributed by atoms with van der Waals surface area (Å²) in [6.45, 7) is 3.32. The molecule has 0 saturated carbocycles. The number of hydrogen-bond donors (Lipinski definition) is 1. The monoisotopic (exact) mass is 324 g/mol. The van der Waals surface area contributed by atoms with Crippen molar-refractivity contribution >= 4 is 11.8 Å². The van der Waals surface area contributed by atoms with Crippen LogP contribution in [0.4, 0.5) is 0 Å². The van der Waals surface area contributed by atoms with Gasteiger partial charge in [-0.15, -0.1) is 0 Å². The molecule has 23 heavy (non-hydrogen) atoms.